The molecule has 3 rings (SSSR count). The van der Waals surface area contributed by atoms with Gasteiger partial charge in [0.1, 0.15) is 5.75 Å². The lowest BCUT2D eigenvalue weighted by Crippen LogP contribution is -2.18. The molecule has 108 valence electrons. The fraction of sp³-hybridized carbons (Fsp3) is 0.222. The molecule has 0 aliphatic carbocycles. The molecule has 1 atom stereocenters. The molecule has 0 fully saturated rings. The first kappa shape index (κ1) is 13.7. The van der Waals surface area contributed by atoms with Crippen molar-refractivity contribution in [2.24, 2.45) is 0 Å². The molecule has 3 nitrogen and oxygen atoms in total. The average Bonchev–Trinajstić information content (AvgIpc) is 3.01. The fourth-order valence-electron chi connectivity index (χ4n) is 2.59. The second kappa shape index (κ2) is 6.02. The van der Waals surface area contributed by atoms with Crippen molar-refractivity contribution in [1.29, 1.82) is 0 Å². The minimum atomic E-state index is 0.269. The van der Waals surface area contributed by atoms with Crippen LogP contribution in [-0.4, -0.2) is 12.1 Å². The molecule has 0 saturated carbocycles. The van der Waals surface area contributed by atoms with E-state index in [0.717, 1.165) is 12.3 Å². The van der Waals surface area contributed by atoms with E-state index >= 15 is 0 Å². The van der Waals surface area contributed by atoms with Crippen molar-refractivity contribution in [2.75, 3.05) is 7.11 Å². The van der Waals surface area contributed by atoms with Crippen molar-refractivity contribution in [1.82, 2.24) is 10.3 Å². The maximum atomic E-state index is 5.28. The van der Waals surface area contributed by atoms with E-state index in [1.807, 2.05) is 18.3 Å². The number of fused-ring (bicyclic) bond motifs is 1. The third-order valence-corrected chi connectivity index (χ3v) is 3.87. The van der Waals surface area contributed by atoms with Gasteiger partial charge in [-0.15, -0.1) is 0 Å². The van der Waals surface area contributed by atoms with E-state index in [1.54, 1.807) is 7.11 Å². The average molecular weight is 280 g/mol. The predicted octanol–water partition coefficient (Wildman–Crippen LogP) is 4.03. The van der Waals surface area contributed by atoms with Crippen LogP contribution < -0.4 is 10.1 Å². The van der Waals surface area contributed by atoms with Gasteiger partial charge in [-0.05, 0) is 41.6 Å². The fourth-order valence-corrected chi connectivity index (χ4v) is 2.59. The van der Waals surface area contributed by atoms with Crippen LogP contribution in [0.3, 0.4) is 0 Å². The van der Waals surface area contributed by atoms with Crippen LogP contribution in [0.4, 0.5) is 0 Å². The summed E-state index contributed by atoms with van der Waals surface area (Å²) in [5.74, 6) is 0.896. The Labute approximate surface area is 125 Å². The van der Waals surface area contributed by atoms with Gasteiger partial charge in [0.05, 0.1) is 7.11 Å². The van der Waals surface area contributed by atoms with Crippen molar-refractivity contribution >= 4 is 10.9 Å². The van der Waals surface area contributed by atoms with Gasteiger partial charge in [0.15, 0.2) is 0 Å². The molecule has 0 amide bonds. The van der Waals surface area contributed by atoms with Crippen molar-refractivity contribution in [3.63, 3.8) is 0 Å². The van der Waals surface area contributed by atoms with Gasteiger partial charge in [-0.1, -0.05) is 30.3 Å². The highest BCUT2D eigenvalue weighted by Crippen LogP contribution is 2.21. The first-order chi connectivity index (χ1) is 10.3. The van der Waals surface area contributed by atoms with Crippen molar-refractivity contribution in [2.45, 2.75) is 19.5 Å². The zero-order chi connectivity index (χ0) is 14.7. The number of aromatic nitrogens is 1. The molecule has 0 radical (unpaired) electrons. The summed E-state index contributed by atoms with van der Waals surface area (Å²) in [6, 6.07) is 16.9. The van der Waals surface area contributed by atoms with Crippen LogP contribution in [-0.2, 0) is 6.54 Å². The zero-order valence-corrected chi connectivity index (χ0v) is 12.4. The monoisotopic (exact) mass is 280 g/mol. The number of nitrogens with one attached hydrogen (secondary N) is 2. The highest BCUT2D eigenvalue weighted by atomic mass is 16.5. The van der Waals surface area contributed by atoms with E-state index in [1.165, 1.54) is 22.0 Å². The van der Waals surface area contributed by atoms with Gasteiger partial charge in [0.2, 0.25) is 0 Å². The number of methoxy groups -OCH3 is 1. The standard InChI is InChI=1S/C18H20N2O/c1-13(15-6-4-8-17(11-15)21-2)20-12-16-7-3-5-14-9-10-19-18(14)16/h3-11,13,19-20H,12H2,1-2H3/t13-/m0/s1. The van der Waals surface area contributed by atoms with Gasteiger partial charge in [-0.3, -0.25) is 0 Å². The Kier molecular flexibility index (Phi) is 3.93. The Balaban J connectivity index is 1.73. The van der Waals surface area contributed by atoms with Crippen molar-refractivity contribution in [3.05, 3.63) is 65.9 Å². The molecule has 0 aliphatic heterocycles. The van der Waals surface area contributed by atoms with Gasteiger partial charge in [-0.25, -0.2) is 0 Å². The molecule has 1 heterocycles. The number of hydrogen-bond acceptors (Lipinski definition) is 2. The van der Waals surface area contributed by atoms with Crippen LogP contribution in [0.25, 0.3) is 10.9 Å². The SMILES string of the molecule is COc1cccc([C@H](C)NCc2cccc3cc[nH]c23)c1. The Morgan fingerprint density at radius 1 is 1.14 bits per heavy atom. The smallest absolute Gasteiger partial charge is 0.119 e. The molecule has 0 unspecified atom stereocenters. The van der Waals surface area contributed by atoms with Crippen LogP contribution in [0, 0.1) is 0 Å². The molecule has 3 heteroatoms. The highest BCUT2D eigenvalue weighted by Gasteiger charge is 2.07. The number of hydrogen-bond donors (Lipinski definition) is 2. The number of ether oxygens (including phenoxy) is 1. The molecule has 0 spiro atoms. The zero-order valence-electron chi connectivity index (χ0n) is 12.4. The Morgan fingerprint density at radius 3 is 2.86 bits per heavy atom. The Hall–Kier alpha value is -2.26. The van der Waals surface area contributed by atoms with E-state index in [9.17, 15) is 0 Å². The summed E-state index contributed by atoms with van der Waals surface area (Å²) in [5.41, 5.74) is 3.73. The van der Waals surface area contributed by atoms with Crippen LogP contribution in [0.2, 0.25) is 0 Å². The molecule has 0 aliphatic rings. The minimum absolute atomic E-state index is 0.269. The van der Waals surface area contributed by atoms with Crippen LogP contribution in [0.5, 0.6) is 5.75 Å². The van der Waals surface area contributed by atoms with Gasteiger partial charge >= 0.3 is 0 Å². The van der Waals surface area contributed by atoms with Crippen LogP contribution in [0.1, 0.15) is 24.1 Å². The number of rotatable bonds is 5. The largest absolute Gasteiger partial charge is 0.497 e. The summed E-state index contributed by atoms with van der Waals surface area (Å²) in [5, 5.41) is 4.83. The van der Waals surface area contributed by atoms with Gasteiger partial charge in [0.25, 0.3) is 0 Å². The summed E-state index contributed by atoms with van der Waals surface area (Å²) in [7, 11) is 1.70. The lowest BCUT2D eigenvalue weighted by atomic mass is 10.1. The van der Waals surface area contributed by atoms with E-state index in [0.29, 0.717) is 0 Å². The first-order valence-electron chi connectivity index (χ1n) is 7.20. The van der Waals surface area contributed by atoms with Crippen LogP contribution in [0.15, 0.2) is 54.7 Å². The van der Waals surface area contributed by atoms with Gasteiger partial charge < -0.3 is 15.0 Å². The first-order valence-corrected chi connectivity index (χ1v) is 7.20. The second-order valence-corrected chi connectivity index (χ2v) is 5.24. The van der Waals surface area contributed by atoms with Gasteiger partial charge in [-0.2, -0.15) is 0 Å². The van der Waals surface area contributed by atoms with Crippen molar-refractivity contribution in [3.8, 4) is 5.75 Å². The van der Waals surface area contributed by atoms with E-state index in [-0.39, 0.29) is 6.04 Å². The molecular weight excluding hydrogens is 260 g/mol. The maximum Gasteiger partial charge on any atom is 0.119 e. The maximum absolute atomic E-state index is 5.28. The summed E-state index contributed by atoms with van der Waals surface area (Å²) in [6.07, 6.45) is 1.99. The Bertz CT molecular complexity index is 733. The highest BCUT2D eigenvalue weighted by molar-refractivity contribution is 5.82. The minimum Gasteiger partial charge on any atom is -0.497 e. The molecule has 2 N–H and O–H groups in total. The summed E-state index contributed by atoms with van der Waals surface area (Å²) < 4.78 is 5.28. The lowest BCUT2D eigenvalue weighted by Gasteiger charge is -2.15. The molecule has 3 aromatic rings. The third kappa shape index (κ3) is 2.93. The summed E-state index contributed by atoms with van der Waals surface area (Å²) >= 11 is 0. The number of aromatic amines is 1. The van der Waals surface area contributed by atoms with Crippen LogP contribution >= 0.6 is 0 Å². The second-order valence-electron chi connectivity index (χ2n) is 5.24. The normalized spacial score (nSPS) is 12.5. The van der Waals surface area contributed by atoms with Crippen molar-refractivity contribution < 1.29 is 4.74 Å². The molecule has 0 saturated heterocycles. The lowest BCUT2D eigenvalue weighted by molar-refractivity contribution is 0.413. The van der Waals surface area contributed by atoms with E-state index in [2.05, 4.69) is 53.6 Å². The molecule has 1 aromatic heterocycles. The predicted molar refractivity (Wildman–Crippen MR) is 86.5 cm³/mol. The quantitative estimate of drug-likeness (QED) is 0.740. The van der Waals surface area contributed by atoms with Gasteiger partial charge in [0, 0.05) is 24.3 Å². The Morgan fingerprint density at radius 2 is 2.00 bits per heavy atom. The molecule has 0 bridgehead atoms. The molecule has 2 aromatic carbocycles. The number of benzene rings is 2. The number of para-hydroxylation sites is 1. The number of H-pyrrole nitrogens is 1. The topological polar surface area (TPSA) is 37.0 Å². The summed E-state index contributed by atoms with van der Waals surface area (Å²) in [6.45, 7) is 3.00. The summed E-state index contributed by atoms with van der Waals surface area (Å²) in [4.78, 5) is 3.31. The molecular formula is C18H20N2O. The van der Waals surface area contributed by atoms with E-state index in [4.69, 9.17) is 4.74 Å². The van der Waals surface area contributed by atoms with E-state index < -0.39 is 0 Å². The molecule has 21 heavy (non-hydrogen) atoms. The third-order valence-electron chi connectivity index (χ3n) is 3.87.